The summed E-state index contributed by atoms with van der Waals surface area (Å²) in [5.41, 5.74) is 6.93. The lowest BCUT2D eigenvalue weighted by Gasteiger charge is -2.26. The summed E-state index contributed by atoms with van der Waals surface area (Å²) in [6.45, 7) is 15.9. The van der Waals surface area contributed by atoms with Crippen LogP contribution in [-0.4, -0.2) is 19.1 Å². The minimum atomic E-state index is 0.329. The molecule has 0 radical (unpaired) electrons. The number of rotatable bonds is 10. The van der Waals surface area contributed by atoms with Gasteiger partial charge in [0.15, 0.2) is 0 Å². The molecule has 1 unspecified atom stereocenters. The van der Waals surface area contributed by atoms with E-state index in [9.17, 15) is 0 Å². The number of unbranched alkanes of at least 4 members (excludes halogenated alkanes) is 2. The first-order valence-corrected chi connectivity index (χ1v) is 8.12. The van der Waals surface area contributed by atoms with Gasteiger partial charge in [-0.3, -0.25) is 0 Å². The summed E-state index contributed by atoms with van der Waals surface area (Å²) in [4.78, 5) is 0. The highest BCUT2D eigenvalue weighted by molar-refractivity contribution is 4.75. The van der Waals surface area contributed by atoms with E-state index < -0.39 is 0 Å². The summed E-state index contributed by atoms with van der Waals surface area (Å²) in [6.07, 6.45) is 7.54. The van der Waals surface area contributed by atoms with E-state index in [0.29, 0.717) is 16.9 Å². The second-order valence-electron chi connectivity index (χ2n) is 8.11. The van der Waals surface area contributed by atoms with Crippen LogP contribution < -0.4 is 11.1 Å². The van der Waals surface area contributed by atoms with Gasteiger partial charge in [0.1, 0.15) is 0 Å². The Morgan fingerprint density at radius 1 is 1.05 bits per heavy atom. The average Bonchev–Trinajstić information content (AvgIpc) is 2.22. The second-order valence-corrected chi connectivity index (χ2v) is 8.11. The summed E-state index contributed by atoms with van der Waals surface area (Å²) in [5.74, 6) is 0. The topological polar surface area (TPSA) is 38.0 Å². The Morgan fingerprint density at radius 2 is 1.68 bits per heavy atom. The summed E-state index contributed by atoms with van der Waals surface area (Å²) < 4.78 is 0. The van der Waals surface area contributed by atoms with Crippen molar-refractivity contribution >= 4 is 0 Å². The highest BCUT2D eigenvalue weighted by Gasteiger charge is 2.18. The SMILES string of the molecule is CCCCCC(C)(C)CNCCC(N)CC(C)(C)C. The minimum Gasteiger partial charge on any atom is -0.328 e. The van der Waals surface area contributed by atoms with Crippen molar-refractivity contribution in [2.75, 3.05) is 13.1 Å². The van der Waals surface area contributed by atoms with Crippen LogP contribution in [0, 0.1) is 10.8 Å². The quantitative estimate of drug-likeness (QED) is 0.580. The van der Waals surface area contributed by atoms with E-state index in [1.807, 2.05) is 0 Å². The van der Waals surface area contributed by atoms with Gasteiger partial charge in [-0.15, -0.1) is 0 Å². The fourth-order valence-electron chi connectivity index (χ4n) is 2.54. The number of hydrogen-bond donors (Lipinski definition) is 2. The molecule has 2 nitrogen and oxygen atoms in total. The molecule has 19 heavy (non-hydrogen) atoms. The van der Waals surface area contributed by atoms with Gasteiger partial charge in [0.25, 0.3) is 0 Å². The molecule has 0 aliphatic heterocycles. The zero-order chi connectivity index (χ0) is 14.9. The molecule has 0 aromatic rings. The van der Waals surface area contributed by atoms with Crippen LogP contribution in [0.2, 0.25) is 0 Å². The normalized spacial score (nSPS) is 14.7. The van der Waals surface area contributed by atoms with Crippen molar-refractivity contribution in [2.45, 2.75) is 86.1 Å². The molecule has 2 heteroatoms. The number of hydrogen-bond acceptors (Lipinski definition) is 2. The molecular weight excluding hydrogens is 232 g/mol. The van der Waals surface area contributed by atoms with Gasteiger partial charge < -0.3 is 11.1 Å². The minimum absolute atomic E-state index is 0.329. The molecule has 0 saturated heterocycles. The van der Waals surface area contributed by atoms with E-state index in [4.69, 9.17) is 5.73 Å². The van der Waals surface area contributed by atoms with Crippen LogP contribution in [-0.2, 0) is 0 Å². The molecule has 3 N–H and O–H groups in total. The maximum atomic E-state index is 6.17. The molecule has 0 amide bonds. The lowest BCUT2D eigenvalue weighted by atomic mass is 9.86. The van der Waals surface area contributed by atoms with Crippen LogP contribution in [0.15, 0.2) is 0 Å². The van der Waals surface area contributed by atoms with Crippen LogP contribution in [0.1, 0.15) is 80.1 Å². The largest absolute Gasteiger partial charge is 0.328 e. The standard InChI is InChI=1S/C17H38N2/c1-7-8-9-11-17(5,6)14-19-12-10-15(18)13-16(2,3)4/h15,19H,7-14,18H2,1-6H3. The Hall–Kier alpha value is -0.0800. The summed E-state index contributed by atoms with van der Waals surface area (Å²) in [7, 11) is 0. The third kappa shape index (κ3) is 12.7. The van der Waals surface area contributed by atoms with E-state index >= 15 is 0 Å². The summed E-state index contributed by atoms with van der Waals surface area (Å²) in [6, 6.07) is 0.329. The first kappa shape index (κ1) is 18.9. The van der Waals surface area contributed by atoms with Gasteiger partial charge in [0.2, 0.25) is 0 Å². The first-order chi connectivity index (χ1) is 8.66. The van der Waals surface area contributed by atoms with Crippen molar-refractivity contribution in [3.63, 3.8) is 0 Å². The van der Waals surface area contributed by atoms with Gasteiger partial charge in [0, 0.05) is 12.6 Å². The molecule has 116 valence electrons. The van der Waals surface area contributed by atoms with E-state index in [-0.39, 0.29) is 0 Å². The van der Waals surface area contributed by atoms with Gasteiger partial charge in [-0.2, -0.15) is 0 Å². The van der Waals surface area contributed by atoms with Crippen molar-refractivity contribution in [1.82, 2.24) is 5.32 Å². The van der Waals surface area contributed by atoms with Gasteiger partial charge in [0.05, 0.1) is 0 Å². The molecular formula is C17H38N2. The van der Waals surface area contributed by atoms with Crippen LogP contribution in [0.5, 0.6) is 0 Å². The van der Waals surface area contributed by atoms with Gasteiger partial charge in [-0.25, -0.2) is 0 Å². The Morgan fingerprint density at radius 3 is 2.21 bits per heavy atom. The molecule has 0 aromatic heterocycles. The zero-order valence-electron chi connectivity index (χ0n) is 14.3. The molecule has 0 aliphatic rings. The first-order valence-electron chi connectivity index (χ1n) is 8.12. The van der Waals surface area contributed by atoms with E-state index in [1.54, 1.807) is 0 Å². The van der Waals surface area contributed by atoms with Crippen molar-refractivity contribution in [3.8, 4) is 0 Å². The van der Waals surface area contributed by atoms with Crippen molar-refractivity contribution in [2.24, 2.45) is 16.6 Å². The summed E-state index contributed by atoms with van der Waals surface area (Å²) >= 11 is 0. The van der Waals surface area contributed by atoms with Crippen LogP contribution in [0.4, 0.5) is 0 Å². The fourth-order valence-corrected chi connectivity index (χ4v) is 2.54. The molecule has 0 heterocycles. The Bertz CT molecular complexity index is 216. The van der Waals surface area contributed by atoms with Crippen molar-refractivity contribution in [3.05, 3.63) is 0 Å². The number of nitrogens with one attached hydrogen (secondary N) is 1. The second kappa shape index (κ2) is 8.97. The van der Waals surface area contributed by atoms with Crippen LogP contribution in [0.3, 0.4) is 0 Å². The Labute approximate surface area is 121 Å². The molecule has 1 atom stereocenters. The van der Waals surface area contributed by atoms with Crippen LogP contribution >= 0.6 is 0 Å². The smallest absolute Gasteiger partial charge is 0.00558 e. The van der Waals surface area contributed by atoms with Gasteiger partial charge >= 0.3 is 0 Å². The highest BCUT2D eigenvalue weighted by atomic mass is 14.9. The predicted octanol–water partition coefficient (Wildman–Crippen LogP) is 4.34. The molecule has 0 bridgehead atoms. The molecule has 0 saturated carbocycles. The van der Waals surface area contributed by atoms with E-state index in [1.165, 1.54) is 25.7 Å². The Kier molecular flexibility index (Phi) is 8.93. The van der Waals surface area contributed by atoms with Crippen LogP contribution in [0.25, 0.3) is 0 Å². The fraction of sp³-hybridized carbons (Fsp3) is 1.00. The monoisotopic (exact) mass is 270 g/mol. The third-order valence-corrected chi connectivity index (χ3v) is 3.63. The van der Waals surface area contributed by atoms with Crippen molar-refractivity contribution < 1.29 is 0 Å². The van der Waals surface area contributed by atoms with Crippen molar-refractivity contribution in [1.29, 1.82) is 0 Å². The average molecular weight is 271 g/mol. The van der Waals surface area contributed by atoms with Gasteiger partial charge in [-0.05, 0) is 36.6 Å². The van der Waals surface area contributed by atoms with E-state index in [2.05, 4.69) is 46.9 Å². The zero-order valence-corrected chi connectivity index (χ0v) is 14.3. The molecule has 0 rings (SSSR count). The maximum absolute atomic E-state index is 6.17. The predicted molar refractivity (Wildman–Crippen MR) is 87.5 cm³/mol. The van der Waals surface area contributed by atoms with Gasteiger partial charge in [-0.1, -0.05) is 60.8 Å². The number of nitrogens with two attached hydrogens (primary N) is 1. The lowest BCUT2D eigenvalue weighted by Crippen LogP contribution is -2.34. The third-order valence-electron chi connectivity index (χ3n) is 3.63. The summed E-state index contributed by atoms with van der Waals surface area (Å²) in [5, 5.41) is 3.59. The molecule has 0 fully saturated rings. The molecule has 0 aliphatic carbocycles. The molecule has 0 aromatic carbocycles. The Balaban J connectivity index is 3.67. The molecule has 0 spiro atoms. The van der Waals surface area contributed by atoms with E-state index in [0.717, 1.165) is 25.9 Å². The maximum Gasteiger partial charge on any atom is 0.00558 e. The highest BCUT2D eigenvalue weighted by Crippen LogP contribution is 2.23. The lowest BCUT2D eigenvalue weighted by molar-refractivity contribution is 0.292.